The van der Waals surface area contributed by atoms with E-state index in [-0.39, 0.29) is 5.91 Å². The highest BCUT2D eigenvalue weighted by Crippen LogP contribution is 2.24. The molecule has 0 aliphatic carbocycles. The second-order valence-electron chi connectivity index (χ2n) is 8.25. The van der Waals surface area contributed by atoms with Crippen LogP contribution in [0.1, 0.15) is 39.7 Å². The van der Waals surface area contributed by atoms with Crippen LogP contribution in [0.3, 0.4) is 0 Å². The monoisotopic (exact) mass is 430 g/mol. The highest BCUT2D eigenvalue weighted by molar-refractivity contribution is 7.09. The van der Waals surface area contributed by atoms with E-state index >= 15 is 0 Å². The van der Waals surface area contributed by atoms with E-state index in [2.05, 4.69) is 40.3 Å². The normalized spacial score (nSPS) is 14.9. The second-order valence-corrected chi connectivity index (χ2v) is 9.20. The molecule has 5 rings (SSSR count). The van der Waals surface area contributed by atoms with Gasteiger partial charge in [-0.2, -0.15) is 0 Å². The van der Waals surface area contributed by atoms with E-state index in [4.69, 9.17) is 4.98 Å². The van der Waals surface area contributed by atoms with E-state index in [0.29, 0.717) is 11.6 Å². The Bertz CT molecular complexity index is 1130. The summed E-state index contributed by atoms with van der Waals surface area (Å²) in [6.07, 6.45) is 4.79. The molecule has 0 unspecified atom stereocenters. The molecule has 1 aliphatic heterocycles. The van der Waals surface area contributed by atoms with Crippen molar-refractivity contribution in [2.75, 3.05) is 13.1 Å². The van der Waals surface area contributed by atoms with Gasteiger partial charge in [-0.3, -0.25) is 4.79 Å². The number of likely N-dealkylation sites (tertiary alicyclic amines) is 1. The van der Waals surface area contributed by atoms with Gasteiger partial charge in [0, 0.05) is 31.3 Å². The van der Waals surface area contributed by atoms with Crippen LogP contribution >= 0.6 is 11.3 Å². The number of rotatable bonds is 6. The number of para-hydroxylation sites is 2. The number of hydrogen-bond acceptors (Lipinski definition) is 4. The van der Waals surface area contributed by atoms with Gasteiger partial charge in [0.2, 0.25) is 0 Å². The van der Waals surface area contributed by atoms with Crippen LogP contribution in [0.5, 0.6) is 0 Å². The quantitative estimate of drug-likeness (QED) is 0.473. The maximum atomic E-state index is 12.9. The van der Waals surface area contributed by atoms with Crippen molar-refractivity contribution < 1.29 is 4.79 Å². The smallest absolute Gasteiger partial charge is 0.273 e. The number of nitrogens with one attached hydrogen (secondary N) is 1. The van der Waals surface area contributed by atoms with Crippen LogP contribution in [0.15, 0.2) is 60.0 Å². The molecule has 0 atom stereocenters. The molecule has 0 spiro atoms. The molecular weight excluding hydrogens is 404 g/mol. The molecule has 0 bridgehead atoms. The van der Waals surface area contributed by atoms with Crippen molar-refractivity contribution in [3.05, 3.63) is 82.1 Å². The van der Waals surface area contributed by atoms with Gasteiger partial charge >= 0.3 is 0 Å². The average molecular weight is 431 g/mol. The Balaban J connectivity index is 1.13. The number of nitrogens with zero attached hydrogens (tertiary/aromatic N) is 3. The lowest BCUT2D eigenvalue weighted by atomic mass is 9.93. The van der Waals surface area contributed by atoms with Crippen LogP contribution in [0.25, 0.3) is 11.0 Å². The predicted octanol–water partition coefficient (Wildman–Crippen LogP) is 4.90. The number of aromatic amines is 1. The Morgan fingerprint density at radius 2 is 1.77 bits per heavy atom. The Labute approximate surface area is 186 Å². The zero-order valence-electron chi connectivity index (χ0n) is 17.5. The number of amides is 1. The molecule has 1 amide bonds. The third kappa shape index (κ3) is 4.69. The number of thiazole rings is 1. The Kier molecular flexibility index (Phi) is 5.80. The van der Waals surface area contributed by atoms with Crippen LogP contribution in [0.4, 0.5) is 0 Å². The lowest BCUT2D eigenvalue weighted by Crippen LogP contribution is -2.39. The minimum Gasteiger partial charge on any atom is -0.342 e. The van der Waals surface area contributed by atoms with Gasteiger partial charge in [0.25, 0.3) is 5.91 Å². The van der Waals surface area contributed by atoms with Gasteiger partial charge in [-0.25, -0.2) is 9.97 Å². The fourth-order valence-electron chi connectivity index (χ4n) is 4.30. The molecule has 1 aliphatic rings. The summed E-state index contributed by atoms with van der Waals surface area (Å²) in [7, 11) is 0. The van der Waals surface area contributed by atoms with Crippen molar-refractivity contribution >= 4 is 28.3 Å². The summed E-state index contributed by atoms with van der Waals surface area (Å²) in [6.45, 7) is 1.58. The predicted molar refractivity (Wildman–Crippen MR) is 124 cm³/mol. The fourth-order valence-corrected chi connectivity index (χ4v) is 5.07. The van der Waals surface area contributed by atoms with Crippen molar-refractivity contribution in [2.45, 2.75) is 32.1 Å². The molecule has 3 heterocycles. The number of carbonyl (C=O) groups is 1. The first-order valence-corrected chi connectivity index (χ1v) is 11.8. The van der Waals surface area contributed by atoms with Gasteiger partial charge < -0.3 is 9.88 Å². The zero-order valence-corrected chi connectivity index (χ0v) is 18.3. The van der Waals surface area contributed by atoms with E-state index in [1.807, 2.05) is 34.5 Å². The number of fused-ring (bicyclic) bond motifs is 1. The number of imidazole rings is 1. The zero-order chi connectivity index (χ0) is 21.0. The van der Waals surface area contributed by atoms with Crippen LogP contribution < -0.4 is 0 Å². The number of aryl methyl sites for hydroxylation is 2. The number of piperidine rings is 1. The van der Waals surface area contributed by atoms with Crippen LogP contribution in [0.2, 0.25) is 0 Å². The van der Waals surface area contributed by atoms with Gasteiger partial charge in [0.15, 0.2) is 0 Å². The van der Waals surface area contributed by atoms with Gasteiger partial charge in [-0.05, 0) is 42.9 Å². The van der Waals surface area contributed by atoms with Crippen LogP contribution in [-0.4, -0.2) is 38.8 Å². The minimum atomic E-state index is 0.0735. The van der Waals surface area contributed by atoms with Crippen molar-refractivity contribution in [3.8, 4) is 0 Å². The molecule has 5 nitrogen and oxygen atoms in total. The highest BCUT2D eigenvalue weighted by Gasteiger charge is 2.25. The van der Waals surface area contributed by atoms with Gasteiger partial charge in [-0.15, -0.1) is 11.3 Å². The van der Waals surface area contributed by atoms with E-state index < -0.39 is 0 Å². The summed E-state index contributed by atoms with van der Waals surface area (Å²) in [5.41, 5.74) is 4.02. The van der Waals surface area contributed by atoms with Crippen molar-refractivity contribution in [1.29, 1.82) is 0 Å². The fraction of sp³-hybridized carbons (Fsp3) is 0.320. The molecular formula is C25H26N4OS. The lowest BCUT2D eigenvalue weighted by Gasteiger charge is -2.31. The Hall–Kier alpha value is -2.99. The molecule has 4 aromatic rings. The third-order valence-electron chi connectivity index (χ3n) is 6.06. The third-order valence-corrected chi connectivity index (χ3v) is 6.97. The van der Waals surface area contributed by atoms with E-state index in [9.17, 15) is 4.79 Å². The molecule has 31 heavy (non-hydrogen) atoms. The second kappa shape index (κ2) is 9.02. The van der Waals surface area contributed by atoms with E-state index in [1.54, 1.807) is 11.3 Å². The maximum Gasteiger partial charge on any atom is 0.273 e. The van der Waals surface area contributed by atoms with E-state index in [0.717, 1.165) is 67.1 Å². The van der Waals surface area contributed by atoms with Crippen molar-refractivity contribution in [1.82, 2.24) is 19.9 Å². The number of aromatic nitrogens is 3. The molecule has 0 saturated carbocycles. The maximum absolute atomic E-state index is 12.9. The molecule has 1 N–H and O–H groups in total. The Morgan fingerprint density at radius 1 is 1.00 bits per heavy atom. The largest absolute Gasteiger partial charge is 0.342 e. The SMILES string of the molecule is O=C(c1csc(CCc2ccccc2)n1)N1CCC(Cc2nc3ccccc3[nH]2)CC1. The summed E-state index contributed by atoms with van der Waals surface area (Å²) in [5.74, 6) is 1.68. The minimum absolute atomic E-state index is 0.0735. The van der Waals surface area contributed by atoms with Gasteiger partial charge in [0.1, 0.15) is 11.5 Å². The molecule has 2 aromatic carbocycles. The van der Waals surface area contributed by atoms with Crippen molar-refractivity contribution in [3.63, 3.8) is 0 Å². The van der Waals surface area contributed by atoms with E-state index in [1.165, 1.54) is 5.56 Å². The summed E-state index contributed by atoms with van der Waals surface area (Å²) < 4.78 is 0. The van der Waals surface area contributed by atoms with Crippen LogP contribution in [-0.2, 0) is 19.3 Å². The lowest BCUT2D eigenvalue weighted by molar-refractivity contribution is 0.0684. The summed E-state index contributed by atoms with van der Waals surface area (Å²) in [6, 6.07) is 18.6. The molecule has 1 saturated heterocycles. The first-order chi connectivity index (χ1) is 15.2. The topological polar surface area (TPSA) is 61.9 Å². The first-order valence-electron chi connectivity index (χ1n) is 11.0. The van der Waals surface area contributed by atoms with Gasteiger partial charge in [-0.1, -0.05) is 42.5 Å². The number of hydrogen-bond donors (Lipinski definition) is 1. The Morgan fingerprint density at radius 3 is 2.58 bits per heavy atom. The highest BCUT2D eigenvalue weighted by atomic mass is 32.1. The van der Waals surface area contributed by atoms with Crippen LogP contribution in [0, 0.1) is 5.92 Å². The number of benzene rings is 2. The van der Waals surface area contributed by atoms with Crippen molar-refractivity contribution in [2.24, 2.45) is 5.92 Å². The number of carbonyl (C=O) groups excluding carboxylic acids is 1. The molecule has 0 radical (unpaired) electrons. The summed E-state index contributed by atoms with van der Waals surface area (Å²) in [5, 5.41) is 2.95. The summed E-state index contributed by atoms with van der Waals surface area (Å²) in [4.78, 5) is 27.6. The molecule has 2 aromatic heterocycles. The molecule has 1 fully saturated rings. The molecule has 158 valence electrons. The average Bonchev–Trinajstić information content (AvgIpc) is 3.45. The number of H-pyrrole nitrogens is 1. The first kappa shape index (κ1) is 19.9. The molecule has 6 heteroatoms. The summed E-state index contributed by atoms with van der Waals surface area (Å²) >= 11 is 1.59. The van der Waals surface area contributed by atoms with Gasteiger partial charge in [0.05, 0.1) is 16.0 Å². The standard InChI is InChI=1S/C25H26N4OS/c30-25(22-17-31-24(28-22)11-10-18-6-2-1-3-7-18)29-14-12-19(13-15-29)16-23-26-20-8-4-5-9-21(20)27-23/h1-9,17,19H,10-16H2,(H,26,27).